The highest BCUT2D eigenvalue weighted by Crippen LogP contribution is 2.36. The van der Waals surface area contributed by atoms with Gasteiger partial charge in [-0.15, -0.1) is 0 Å². The van der Waals surface area contributed by atoms with Crippen LogP contribution in [0.2, 0.25) is 5.02 Å². The Morgan fingerprint density at radius 2 is 1.53 bits per heavy atom. The van der Waals surface area contributed by atoms with Gasteiger partial charge in [0.2, 0.25) is 0 Å². The van der Waals surface area contributed by atoms with Crippen molar-refractivity contribution < 1.29 is 40.9 Å². The minimum atomic E-state index is -2.97. The summed E-state index contributed by atoms with van der Waals surface area (Å²) in [6.45, 7) is -5.74. The van der Waals surface area contributed by atoms with Crippen molar-refractivity contribution in [2.75, 3.05) is 31.7 Å². The number of hydrogen-bond acceptors (Lipinski definition) is 7. The zero-order valence-corrected chi connectivity index (χ0v) is 18.4. The van der Waals surface area contributed by atoms with Gasteiger partial charge in [0, 0.05) is 22.0 Å². The number of nitrogens with zero attached hydrogens (tertiary/aromatic N) is 2. The molecule has 1 N–H and O–H groups in total. The maximum atomic E-state index is 14.6. The predicted octanol–water partition coefficient (Wildman–Crippen LogP) is 5.71. The van der Waals surface area contributed by atoms with Crippen molar-refractivity contribution in [1.29, 1.82) is 0 Å². The number of halogens is 6. The highest BCUT2D eigenvalue weighted by atomic mass is 35.5. The molecule has 0 amide bonds. The van der Waals surface area contributed by atoms with Crippen molar-refractivity contribution in [3.8, 4) is 11.5 Å². The first-order valence-corrected chi connectivity index (χ1v) is 10.2. The molecule has 2 aromatic carbocycles. The summed E-state index contributed by atoms with van der Waals surface area (Å²) in [5.41, 5.74) is 0.707. The lowest BCUT2D eigenvalue weighted by molar-refractivity contribution is -0.134. The fourth-order valence-electron chi connectivity index (χ4n) is 2.85. The highest BCUT2D eigenvalue weighted by molar-refractivity contribution is 6.31. The van der Waals surface area contributed by atoms with E-state index in [4.69, 9.17) is 21.1 Å². The smallest absolute Gasteiger partial charge is 0.345 e. The number of fused-ring (bicyclic) bond motifs is 1. The van der Waals surface area contributed by atoms with Crippen molar-refractivity contribution in [3.63, 3.8) is 0 Å². The fraction of sp³-hybridized carbons (Fsp3) is 0.333. The third-order valence-corrected chi connectivity index (χ3v) is 4.85. The molecule has 1 heterocycles. The number of ether oxygens (including phenoxy) is 4. The van der Waals surface area contributed by atoms with Gasteiger partial charge in [0.1, 0.15) is 25.4 Å². The molecule has 0 bridgehead atoms. The van der Waals surface area contributed by atoms with E-state index in [0.717, 1.165) is 0 Å². The standard InChI is InChI=1S/C21H19ClF5N3O4/c1-11-13(22)2-3-14(18(11)23)30-19-12-8-16(31-4-6-33-20(24)25)17(9-15(12)28-10-29-19)32-5-7-34-21(26)27/h2-3,8-10,20-21H,4-7H2,1H3,(H,28,29,30). The topological polar surface area (TPSA) is 74.7 Å². The van der Waals surface area contributed by atoms with E-state index in [9.17, 15) is 22.0 Å². The molecule has 7 nitrogen and oxygen atoms in total. The first-order valence-electron chi connectivity index (χ1n) is 9.81. The van der Waals surface area contributed by atoms with E-state index in [1.54, 1.807) is 0 Å². The van der Waals surface area contributed by atoms with Gasteiger partial charge in [-0.1, -0.05) is 11.6 Å². The summed E-state index contributed by atoms with van der Waals surface area (Å²) in [5.74, 6) is -0.181. The van der Waals surface area contributed by atoms with Crippen LogP contribution in [0.1, 0.15) is 5.56 Å². The molecule has 0 unspecified atom stereocenters. The highest BCUT2D eigenvalue weighted by Gasteiger charge is 2.16. The minimum absolute atomic E-state index is 0.0769. The predicted molar refractivity (Wildman–Crippen MR) is 114 cm³/mol. The van der Waals surface area contributed by atoms with Gasteiger partial charge in [-0.2, -0.15) is 17.6 Å². The van der Waals surface area contributed by atoms with Crippen molar-refractivity contribution >= 4 is 34.0 Å². The second-order valence-corrected chi connectivity index (χ2v) is 7.06. The Bertz CT molecular complexity index is 1120. The lowest BCUT2D eigenvalue weighted by Gasteiger charge is -2.16. The van der Waals surface area contributed by atoms with Gasteiger partial charge in [0.05, 0.1) is 24.4 Å². The van der Waals surface area contributed by atoms with E-state index in [-0.39, 0.29) is 46.8 Å². The molecule has 0 radical (unpaired) electrons. The maximum absolute atomic E-state index is 14.6. The molecule has 0 spiro atoms. The molecule has 0 aliphatic heterocycles. The van der Waals surface area contributed by atoms with E-state index in [1.165, 1.54) is 37.5 Å². The summed E-state index contributed by atoms with van der Waals surface area (Å²) in [6, 6.07) is 5.86. The summed E-state index contributed by atoms with van der Waals surface area (Å²) in [4.78, 5) is 8.27. The normalized spacial score (nSPS) is 11.4. The molecular formula is C21H19ClF5N3O4. The Morgan fingerprint density at radius 3 is 2.15 bits per heavy atom. The number of alkyl halides is 4. The van der Waals surface area contributed by atoms with Crippen LogP contribution in [-0.4, -0.2) is 49.6 Å². The van der Waals surface area contributed by atoms with Crippen LogP contribution in [0.3, 0.4) is 0 Å². The SMILES string of the molecule is Cc1c(Cl)ccc(Nc2ncnc3cc(OCCOC(F)F)c(OCCOC(F)F)cc23)c1F. The molecule has 0 atom stereocenters. The van der Waals surface area contributed by atoms with Crippen molar-refractivity contribution in [1.82, 2.24) is 9.97 Å². The Hall–Kier alpha value is -2.96. The van der Waals surface area contributed by atoms with Crippen molar-refractivity contribution in [3.05, 3.63) is 47.0 Å². The van der Waals surface area contributed by atoms with Crippen LogP contribution in [0, 0.1) is 12.7 Å². The number of rotatable bonds is 12. The molecule has 3 aromatic rings. The van der Waals surface area contributed by atoms with Gasteiger partial charge >= 0.3 is 13.2 Å². The molecule has 0 saturated carbocycles. The van der Waals surface area contributed by atoms with E-state index < -0.39 is 32.3 Å². The number of nitrogens with one attached hydrogen (secondary N) is 1. The molecule has 3 rings (SSSR count). The van der Waals surface area contributed by atoms with Gasteiger partial charge in [-0.3, -0.25) is 0 Å². The lowest BCUT2D eigenvalue weighted by atomic mass is 10.1. The summed E-state index contributed by atoms with van der Waals surface area (Å²) < 4.78 is 82.7. The zero-order valence-electron chi connectivity index (χ0n) is 17.7. The van der Waals surface area contributed by atoms with E-state index >= 15 is 0 Å². The van der Waals surface area contributed by atoms with E-state index in [0.29, 0.717) is 10.9 Å². The van der Waals surface area contributed by atoms with Crippen LogP contribution < -0.4 is 14.8 Å². The van der Waals surface area contributed by atoms with Crippen LogP contribution in [0.25, 0.3) is 10.9 Å². The fourth-order valence-corrected chi connectivity index (χ4v) is 3.00. The summed E-state index contributed by atoms with van der Waals surface area (Å²) in [7, 11) is 0. The molecule has 13 heteroatoms. The van der Waals surface area contributed by atoms with Crippen LogP contribution in [0.5, 0.6) is 11.5 Å². The number of hydrogen-bond donors (Lipinski definition) is 1. The molecule has 0 fully saturated rings. The van der Waals surface area contributed by atoms with Gasteiger partial charge < -0.3 is 24.3 Å². The molecule has 34 heavy (non-hydrogen) atoms. The average molecular weight is 508 g/mol. The van der Waals surface area contributed by atoms with Gasteiger partial charge in [-0.05, 0) is 25.1 Å². The maximum Gasteiger partial charge on any atom is 0.345 e. The number of aromatic nitrogens is 2. The van der Waals surface area contributed by atoms with E-state index in [2.05, 4.69) is 24.8 Å². The molecule has 0 saturated heterocycles. The van der Waals surface area contributed by atoms with E-state index in [1.807, 2.05) is 0 Å². The van der Waals surface area contributed by atoms with Crippen LogP contribution >= 0.6 is 11.6 Å². The van der Waals surface area contributed by atoms with Crippen molar-refractivity contribution in [2.45, 2.75) is 20.1 Å². The first-order chi connectivity index (χ1) is 16.3. The average Bonchev–Trinajstić information content (AvgIpc) is 2.79. The Morgan fingerprint density at radius 1 is 0.912 bits per heavy atom. The van der Waals surface area contributed by atoms with Crippen molar-refractivity contribution in [2.24, 2.45) is 0 Å². The third kappa shape index (κ3) is 6.78. The molecule has 0 aliphatic carbocycles. The van der Waals surface area contributed by atoms with Crippen LogP contribution in [0.15, 0.2) is 30.6 Å². The second kappa shape index (κ2) is 12.0. The summed E-state index contributed by atoms with van der Waals surface area (Å²) >= 11 is 5.94. The van der Waals surface area contributed by atoms with Gasteiger partial charge in [-0.25, -0.2) is 14.4 Å². The molecular weight excluding hydrogens is 489 g/mol. The second-order valence-electron chi connectivity index (χ2n) is 6.66. The third-order valence-electron chi connectivity index (χ3n) is 4.44. The number of benzene rings is 2. The zero-order chi connectivity index (χ0) is 24.7. The molecule has 184 valence electrons. The lowest BCUT2D eigenvalue weighted by Crippen LogP contribution is -2.12. The molecule has 1 aromatic heterocycles. The van der Waals surface area contributed by atoms with Crippen LogP contribution in [0.4, 0.5) is 33.5 Å². The Kier molecular flexibility index (Phi) is 9.02. The molecule has 0 aliphatic rings. The minimum Gasteiger partial charge on any atom is -0.487 e. The largest absolute Gasteiger partial charge is 0.487 e. The number of anilines is 2. The monoisotopic (exact) mass is 507 g/mol. The first kappa shape index (κ1) is 25.7. The Labute approximate surface area is 195 Å². The van der Waals surface area contributed by atoms with Gasteiger partial charge in [0.25, 0.3) is 0 Å². The van der Waals surface area contributed by atoms with Gasteiger partial charge in [0.15, 0.2) is 17.3 Å². The summed E-state index contributed by atoms with van der Waals surface area (Å²) in [6.07, 6.45) is 1.23. The van der Waals surface area contributed by atoms with Crippen LogP contribution in [-0.2, 0) is 9.47 Å². The quantitative estimate of drug-likeness (QED) is 0.248. The Balaban J connectivity index is 1.90. The summed E-state index contributed by atoms with van der Waals surface area (Å²) in [5, 5.41) is 3.51.